The normalized spacial score (nSPS) is 25.3. The minimum Gasteiger partial charge on any atom is -0.352 e. The van der Waals surface area contributed by atoms with Crippen LogP contribution in [0.1, 0.15) is 46.5 Å². The Kier molecular flexibility index (Phi) is 3.93. The fourth-order valence-corrected chi connectivity index (χ4v) is 2.37. The van der Waals surface area contributed by atoms with Gasteiger partial charge in [0.05, 0.1) is 0 Å². The number of likely N-dealkylation sites (tertiary alicyclic amines) is 1. The second kappa shape index (κ2) is 5.29. The highest BCUT2D eigenvalue weighted by Gasteiger charge is 2.38. The molecule has 0 bridgehead atoms. The van der Waals surface area contributed by atoms with Crippen molar-refractivity contribution >= 4 is 11.8 Å². The summed E-state index contributed by atoms with van der Waals surface area (Å²) >= 11 is 0. The van der Waals surface area contributed by atoms with Gasteiger partial charge in [0.2, 0.25) is 11.8 Å². The first-order valence-electron chi connectivity index (χ1n) is 7.11. The monoisotopic (exact) mass is 252 g/mol. The molecule has 1 saturated heterocycles. The summed E-state index contributed by atoms with van der Waals surface area (Å²) < 4.78 is 0. The van der Waals surface area contributed by atoms with Crippen LogP contribution in [0.15, 0.2) is 0 Å². The van der Waals surface area contributed by atoms with E-state index in [-0.39, 0.29) is 23.8 Å². The zero-order valence-electron chi connectivity index (χ0n) is 11.6. The van der Waals surface area contributed by atoms with E-state index >= 15 is 0 Å². The van der Waals surface area contributed by atoms with Crippen molar-refractivity contribution in [3.8, 4) is 0 Å². The fraction of sp³-hybridized carbons (Fsp3) is 0.857. The number of hydrogen-bond acceptors (Lipinski definition) is 2. The first kappa shape index (κ1) is 13.4. The van der Waals surface area contributed by atoms with Crippen molar-refractivity contribution in [3.63, 3.8) is 0 Å². The summed E-state index contributed by atoms with van der Waals surface area (Å²) in [6, 6.07) is 0.150. The molecule has 0 aromatic rings. The molecule has 0 spiro atoms. The molecule has 2 amide bonds. The fourth-order valence-electron chi connectivity index (χ4n) is 2.37. The van der Waals surface area contributed by atoms with E-state index in [1.54, 1.807) is 4.90 Å². The molecule has 0 aromatic heterocycles. The van der Waals surface area contributed by atoms with E-state index in [1.165, 1.54) is 0 Å². The minimum absolute atomic E-state index is 0.000625. The number of hydrogen-bond donors (Lipinski definition) is 1. The zero-order chi connectivity index (χ0) is 13.3. The lowest BCUT2D eigenvalue weighted by Crippen LogP contribution is -2.48. The first-order valence-corrected chi connectivity index (χ1v) is 7.11. The second-order valence-electron chi connectivity index (χ2n) is 6.01. The van der Waals surface area contributed by atoms with Crippen molar-refractivity contribution in [1.29, 1.82) is 0 Å². The SMILES string of the molecule is CC(C)C(C)C(=O)N1CCCC1C(=O)NC1CC1. The molecule has 0 aromatic carbocycles. The zero-order valence-corrected chi connectivity index (χ0v) is 11.6. The third-order valence-corrected chi connectivity index (χ3v) is 4.15. The van der Waals surface area contributed by atoms with Crippen molar-refractivity contribution in [1.82, 2.24) is 10.2 Å². The lowest BCUT2D eigenvalue weighted by molar-refractivity contribution is -0.142. The average Bonchev–Trinajstić information content (AvgIpc) is 3.00. The molecule has 1 heterocycles. The van der Waals surface area contributed by atoms with Gasteiger partial charge in [-0.25, -0.2) is 0 Å². The highest BCUT2D eigenvalue weighted by Crippen LogP contribution is 2.25. The van der Waals surface area contributed by atoms with Crippen LogP contribution in [0.2, 0.25) is 0 Å². The average molecular weight is 252 g/mol. The maximum absolute atomic E-state index is 12.3. The molecule has 4 nitrogen and oxygen atoms in total. The molecule has 2 atom stereocenters. The minimum atomic E-state index is -0.223. The summed E-state index contributed by atoms with van der Waals surface area (Å²) in [5, 5.41) is 3.02. The molecule has 102 valence electrons. The predicted octanol–water partition coefficient (Wildman–Crippen LogP) is 1.55. The summed E-state index contributed by atoms with van der Waals surface area (Å²) in [5.74, 6) is 0.516. The Balaban J connectivity index is 1.97. The third-order valence-electron chi connectivity index (χ3n) is 4.15. The van der Waals surface area contributed by atoms with Crippen molar-refractivity contribution in [2.24, 2.45) is 11.8 Å². The summed E-state index contributed by atoms with van der Waals surface area (Å²) in [5.41, 5.74) is 0. The van der Waals surface area contributed by atoms with E-state index in [9.17, 15) is 9.59 Å². The van der Waals surface area contributed by atoms with Crippen LogP contribution >= 0.6 is 0 Å². The highest BCUT2D eigenvalue weighted by atomic mass is 16.2. The van der Waals surface area contributed by atoms with Crippen LogP contribution < -0.4 is 5.32 Å². The van der Waals surface area contributed by atoms with Gasteiger partial charge in [0.1, 0.15) is 6.04 Å². The Morgan fingerprint density at radius 3 is 2.39 bits per heavy atom. The molecule has 2 rings (SSSR count). The Bertz CT molecular complexity index is 337. The smallest absolute Gasteiger partial charge is 0.243 e. The van der Waals surface area contributed by atoms with E-state index in [0.717, 1.165) is 32.2 Å². The Labute approximate surface area is 109 Å². The molecule has 1 N–H and O–H groups in total. The van der Waals surface area contributed by atoms with E-state index in [4.69, 9.17) is 0 Å². The molecule has 4 heteroatoms. The predicted molar refractivity (Wildman–Crippen MR) is 69.9 cm³/mol. The number of rotatable bonds is 4. The van der Waals surface area contributed by atoms with E-state index in [0.29, 0.717) is 12.0 Å². The summed E-state index contributed by atoms with van der Waals surface area (Å²) in [7, 11) is 0. The molecule has 2 fully saturated rings. The highest BCUT2D eigenvalue weighted by molar-refractivity contribution is 5.89. The van der Waals surface area contributed by atoms with Gasteiger partial charge in [-0.1, -0.05) is 20.8 Å². The summed E-state index contributed by atoms with van der Waals surface area (Å²) in [6.45, 7) is 6.80. The summed E-state index contributed by atoms with van der Waals surface area (Å²) in [4.78, 5) is 26.2. The first-order chi connectivity index (χ1) is 8.50. The van der Waals surface area contributed by atoms with Crippen LogP contribution in [0.25, 0.3) is 0 Å². The van der Waals surface area contributed by atoms with Crippen LogP contribution in [-0.2, 0) is 9.59 Å². The van der Waals surface area contributed by atoms with Gasteiger partial charge in [0.25, 0.3) is 0 Å². The maximum Gasteiger partial charge on any atom is 0.243 e. The molecule has 2 aliphatic rings. The Hall–Kier alpha value is -1.06. The topological polar surface area (TPSA) is 49.4 Å². The standard InChI is InChI=1S/C14H24N2O2/c1-9(2)10(3)14(18)16-8-4-5-12(16)13(17)15-11-6-7-11/h9-12H,4-8H2,1-3H3,(H,15,17). The number of carbonyl (C=O) groups is 2. The number of amides is 2. The van der Waals surface area contributed by atoms with Crippen LogP contribution in [0.3, 0.4) is 0 Å². The molecule has 1 aliphatic carbocycles. The lowest BCUT2D eigenvalue weighted by Gasteiger charge is -2.28. The quantitative estimate of drug-likeness (QED) is 0.825. The van der Waals surface area contributed by atoms with Gasteiger partial charge in [-0.3, -0.25) is 9.59 Å². The van der Waals surface area contributed by atoms with Crippen LogP contribution in [0.4, 0.5) is 0 Å². The number of nitrogens with one attached hydrogen (secondary N) is 1. The van der Waals surface area contributed by atoms with Crippen LogP contribution in [-0.4, -0.2) is 35.3 Å². The van der Waals surface area contributed by atoms with Gasteiger partial charge < -0.3 is 10.2 Å². The number of nitrogens with zero attached hydrogens (tertiary/aromatic N) is 1. The Morgan fingerprint density at radius 1 is 1.17 bits per heavy atom. The van der Waals surface area contributed by atoms with Crippen molar-refractivity contribution in [3.05, 3.63) is 0 Å². The lowest BCUT2D eigenvalue weighted by atomic mass is 9.96. The third kappa shape index (κ3) is 2.85. The van der Waals surface area contributed by atoms with E-state index < -0.39 is 0 Å². The van der Waals surface area contributed by atoms with Gasteiger partial charge in [0.15, 0.2) is 0 Å². The molecular weight excluding hydrogens is 228 g/mol. The van der Waals surface area contributed by atoms with Gasteiger partial charge in [0, 0.05) is 18.5 Å². The van der Waals surface area contributed by atoms with Crippen molar-refractivity contribution in [2.75, 3.05) is 6.54 Å². The van der Waals surface area contributed by atoms with E-state index in [1.807, 2.05) is 6.92 Å². The molecule has 1 saturated carbocycles. The molecular formula is C14H24N2O2. The molecule has 0 radical (unpaired) electrons. The van der Waals surface area contributed by atoms with Gasteiger partial charge in [-0.05, 0) is 31.6 Å². The molecule has 1 aliphatic heterocycles. The maximum atomic E-state index is 12.3. The van der Waals surface area contributed by atoms with Crippen molar-refractivity contribution < 1.29 is 9.59 Å². The second-order valence-corrected chi connectivity index (χ2v) is 6.01. The Morgan fingerprint density at radius 2 is 1.83 bits per heavy atom. The van der Waals surface area contributed by atoms with Gasteiger partial charge in [-0.15, -0.1) is 0 Å². The summed E-state index contributed by atoms with van der Waals surface area (Å²) in [6.07, 6.45) is 3.94. The number of carbonyl (C=O) groups excluding carboxylic acids is 2. The van der Waals surface area contributed by atoms with Gasteiger partial charge >= 0.3 is 0 Å². The largest absolute Gasteiger partial charge is 0.352 e. The van der Waals surface area contributed by atoms with Crippen LogP contribution in [0, 0.1) is 11.8 Å². The molecule has 2 unspecified atom stereocenters. The molecule has 18 heavy (non-hydrogen) atoms. The van der Waals surface area contributed by atoms with Gasteiger partial charge in [-0.2, -0.15) is 0 Å². The van der Waals surface area contributed by atoms with Crippen LogP contribution in [0.5, 0.6) is 0 Å². The van der Waals surface area contributed by atoms with E-state index in [2.05, 4.69) is 19.2 Å². The van der Waals surface area contributed by atoms with Crippen molar-refractivity contribution in [2.45, 2.75) is 58.5 Å².